The zero-order valence-corrected chi connectivity index (χ0v) is 13.6. The number of aromatic amines is 1. The van der Waals surface area contributed by atoms with Gasteiger partial charge in [-0.25, -0.2) is 9.37 Å². The fourth-order valence-corrected chi connectivity index (χ4v) is 2.83. The largest absolute Gasteiger partial charge is 0.493 e. The number of ether oxygens (including phenoxy) is 2. The van der Waals surface area contributed by atoms with Gasteiger partial charge in [0, 0.05) is 22.5 Å². The van der Waals surface area contributed by atoms with Gasteiger partial charge in [0.25, 0.3) is 0 Å². The number of H-pyrrole nitrogens is 1. The Labute approximate surface area is 142 Å². The van der Waals surface area contributed by atoms with Gasteiger partial charge in [0.2, 0.25) is 0 Å². The molecule has 7 heteroatoms. The zero-order chi connectivity index (χ0) is 17.4. The molecule has 4 rings (SSSR count). The third-order valence-corrected chi connectivity index (χ3v) is 4.02. The SMILES string of the molecule is COc1ccc(Nc2nc3c(F)cccc3c3cn[nH]c23)cc1OC. The summed E-state index contributed by atoms with van der Waals surface area (Å²) >= 11 is 0. The molecule has 2 heterocycles. The Morgan fingerprint density at radius 1 is 1.04 bits per heavy atom. The predicted molar refractivity (Wildman–Crippen MR) is 94.2 cm³/mol. The van der Waals surface area contributed by atoms with Gasteiger partial charge in [-0.3, -0.25) is 5.10 Å². The number of nitrogens with zero attached hydrogens (tertiary/aromatic N) is 2. The van der Waals surface area contributed by atoms with Crippen LogP contribution >= 0.6 is 0 Å². The van der Waals surface area contributed by atoms with Crippen LogP contribution in [0.5, 0.6) is 11.5 Å². The first kappa shape index (κ1) is 15.2. The van der Waals surface area contributed by atoms with Crippen molar-refractivity contribution >= 4 is 33.3 Å². The molecule has 0 atom stereocenters. The highest BCUT2D eigenvalue weighted by molar-refractivity contribution is 6.08. The molecular weight excluding hydrogens is 323 g/mol. The van der Waals surface area contributed by atoms with Crippen molar-refractivity contribution < 1.29 is 13.9 Å². The third kappa shape index (κ3) is 2.50. The van der Waals surface area contributed by atoms with Crippen molar-refractivity contribution in [2.45, 2.75) is 0 Å². The van der Waals surface area contributed by atoms with Crippen LogP contribution in [0.2, 0.25) is 0 Å². The summed E-state index contributed by atoms with van der Waals surface area (Å²) in [6.45, 7) is 0. The number of benzene rings is 2. The number of pyridine rings is 1. The van der Waals surface area contributed by atoms with Gasteiger partial charge in [-0.2, -0.15) is 5.10 Å². The maximum atomic E-state index is 14.2. The van der Waals surface area contributed by atoms with Gasteiger partial charge in [-0.05, 0) is 18.2 Å². The third-order valence-electron chi connectivity index (χ3n) is 4.02. The van der Waals surface area contributed by atoms with Gasteiger partial charge in [0.15, 0.2) is 17.3 Å². The number of fused-ring (bicyclic) bond motifs is 3. The summed E-state index contributed by atoms with van der Waals surface area (Å²) in [4.78, 5) is 4.44. The summed E-state index contributed by atoms with van der Waals surface area (Å²) in [7, 11) is 3.14. The monoisotopic (exact) mass is 338 g/mol. The molecule has 126 valence electrons. The Balaban J connectivity index is 1.86. The number of anilines is 2. The lowest BCUT2D eigenvalue weighted by molar-refractivity contribution is 0.355. The number of hydrogen-bond acceptors (Lipinski definition) is 5. The molecule has 2 aromatic carbocycles. The van der Waals surface area contributed by atoms with E-state index in [1.54, 1.807) is 38.6 Å². The molecule has 2 aromatic heterocycles. The second kappa shape index (κ2) is 5.94. The Morgan fingerprint density at radius 2 is 1.88 bits per heavy atom. The van der Waals surface area contributed by atoms with Crippen LogP contribution in [0.15, 0.2) is 42.6 Å². The molecule has 6 nitrogen and oxygen atoms in total. The van der Waals surface area contributed by atoms with Crippen LogP contribution < -0.4 is 14.8 Å². The van der Waals surface area contributed by atoms with Crippen molar-refractivity contribution in [3.05, 3.63) is 48.4 Å². The minimum Gasteiger partial charge on any atom is -0.493 e. The molecular formula is C18H15FN4O2. The number of halogens is 1. The van der Waals surface area contributed by atoms with Crippen LogP contribution in [-0.4, -0.2) is 29.4 Å². The molecule has 4 aromatic rings. The zero-order valence-electron chi connectivity index (χ0n) is 13.6. The highest BCUT2D eigenvalue weighted by Gasteiger charge is 2.14. The quantitative estimate of drug-likeness (QED) is 0.588. The van der Waals surface area contributed by atoms with E-state index in [0.717, 1.165) is 11.1 Å². The van der Waals surface area contributed by atoms with Gasteiger partial charge in [-0.1, -0.05) is 12.1 Å². The van der Waals surface area contributed by atoms with Crippen LogP contribution in [0.1, 0.15) is 0 Å². The van der Waals surface area contributed by atoms with Gasteiger partial charge in [0.1, 0.15) is 16.9 Å². The molecule has 25 heavy (non-hydrogen) atoms. The van der Waals surface area contributed by atoms with Crippen LogP contribution in [0, 0.1) is 5.82 Å². The summed E-state index contributed by atoms with van der Waals surface area (Å²) in [5, 5.41) is 11.7. The molecule has 0 unspecified atom stereocenters. The highest BCUT2D eigenvalue weighted by Crippen LogP contribution is 2.34. The van der Waals surface area contributed by atoms with Crippen molar-refractivity contribution in [3.63, 3.8) is 0 Å². The number of nitrogens with one attached hydrogen (secondary N) is 2. The number of para-hydroxylation sites is 1. The smallest absolute Gasteiger partial charge is 0.162 e. The first-order chi connectivity index (χ1) is 12.2. The normalized spacial score (nSPS) is 11.0. The number of methoxy groups -OCH3 is 2. The second-order valence-corrected chi connectivity index (χ2v) is 5.45. The predicted octanol–water partition coefficient (Wildman–Crippen LogP) is 4.01. The molecule has 0 spiro atoms. The molecule has 0 radical (unpaired) electrons. The average molecular weight is 338 g/mol. The number of hydrogen-bond donors (Lipinski definition) is 2. The average Bonchev–Trinajstić information content (AvgIpc) is 3.13. The van der Waals surface area contributed by atoms with Crippen LogP contribution in [0.4, 0.5) is 15.9 Å². The van der Waals surface area contributed by atoms with Crippen molar-refractivity contribution in [2.24, 2.45) is 0 Å². The van der Waals surface area contributed by atoms with Crippen LogP contribution in [0.25, 0.3) is 21.8 Å². The molecule has 0 amide bonds. The van der Waals surface area contributed by atoms with E-state index >= 15 is 0 Å². The Kier molecular flexibility index (Phi) is 3.61. The fourth-order valence-electron chi connectivity index (χ4n) is 2.83. The van der Waals surface area contributed by atoms with E-state index in [1.165, 1.54) is 6.07 Å². The highest BCUT2D eigenvalue weighted by atomic mass is 19.1. The maximum Gasteiger partial charge on any atom is 0.162 e. The minimum absolute atomic E-state index is 0.291. The fraction of sp³-hybridized carbons (Fsp3) is 0.111. The number of rotatable bonds is 4. The summed E-state index contributed by atoms with van der Waals surface area (Å²) in [5.74, 6) is 1.31. The van der Waals surface area contributed by atoms with Crippen molar-refractivity contribution in [1.29, 1.82) is 0 Å². The first-order valence-electron chi connectivity index (χ1n) is 7.61. The lowest BCUT2D eigenvalue weighted by Gasteiger charge is -2.12. The summed E-state index contributed by atoms with van der Waals surface area (Å²) in [6.07, 6.45) is 1.67. The van der Waals surface area contributed by atoms with Crippen molar-refractivity contribution in [3.8, 4) is 11.5 Å². The Morgan fingerprint density at radius 3 is 2.68 bits per heavy atom. The van der Waals surface area contributed by atoms with Crippen LogP contribution in [-0.2, 0) is 0 Å². The Hall–Kier alpha value is -3.35. The molecule has 0 saturated carbocycles. The minimum atomic E-state index is -0.379. The number of aromatic nitrogens is 3. The van der Waals surface area contributed by atoms with E-state index in [9.17, 15) is 4.39 Å². The van der Waals surface area contributed by atoms with E-state index < -0.39 is 0 Å². The molecule has 0 aliphatic rings. The van der Waals surface area contributed by atoms with E-state index in [-0.39, 0.29) is 5.82 Å². The Bertz CT molecular complexity index is 1080. The van der Waals surface area contributed by atoms with Gasteiger partial charge in [0.05, 0.1) is 20.4 Å². The first-order valence-corrected chi connectivity index (χ1v) is 7.61. The van der Waals surface area contributed by atoms with Crippen LogP contribution in [0.3, 0.4) is 0 Å². The maximum absolute atomic E-state index is 14.2. The summed E-state index contributed by atoms with van der Waals surface area (Å²) in [6, 6.07) is 10.3. The van der Waals surface area contributed by atoms with Gasteiger partial charge in [-0.15, -0.1) is 0 Å². The molecule has 0 aliphatic carbocycles. The molecule has 0 aliphatic heterocycles. The van der Waals surface area contributed by atoms with Crippen molar-refractivity contribution in [2.75, 3.05) is 19.5 Å². The molecule has 0 saturated heterocycles. The van der Waals surface area contributed by atoms with Crippen molar-refractivity contribution in [1.82, 2.24) is 15.2 Å². The van der Waals surface area contributed by atoms with Gasteiger partial charge < -0.3 is 14.8 Å². The van der Waals surface area contributed by atoms with E-state index in [4.69, 9.17) is 9.47 Å². The van der Waals surface area contributed by atoms with E-state index in [2.05, 4.69) is 20.5 Å². The summed E-state index contributed by atoms with van der Waals surface area (Å²) < 4.78 is 24.7. The van der Waals surface area contributed by atoms with E-state index in [0.29, 0.717) is 33.7 Å². The second-order valence-electron chi connectivity index (χ2n) is 5.45. The molecule has 0 bridgehead atoms. The summed E-state index contributed by atoms with van der Waals surface area (Å²) in [5.41, 5.74) is 1.73. The molecule has 2 N–H and O–H groups in total. The van der Waals surface area contributed by atoms with Gasteiger partial charge >= 0.3 is 0 Å². The lowest BCUT2D eigenvalue weighted by atomic mass is 10.1. The van der Waals surface area contributed by atoms with E-state index in [1.807, 2.05) is 12.1 Å². The lowest BCUT2D eigenvalue weighted by Crippen LogP contribution is -1.98. The standard InChI is InChI=1S/C18H15FN4O2/c1-24-14-7-6-10(8-15(14)25-2)21-18-17-12(9-20-23-17)11-4-3-5-13(19)16(11)22-18/h3-9H,1-2H3,(H,20,23)(H,21,22). The topological polar surface area (TPSA) is 72.1 Å². The molecule has 0 fully saturated rings.